The first-order valence-corrected chi connectivity index (χ1v) is 6.99. The fraction of sp³-hybridized carbons (Fsp3) is 1.00. The second-order valence-electron chi connectivity index (χ2n) is 6.42. The minimum Gasteiger partial charge on any atom is -0.315 e. The van der Waals surface area contributed by atoms with E-state index in [1.807, 2.05) is 0 Å². The standard InChI is InChI=1S/C14H28N2/c1-5-11-7-9-16(10-11)12-6-8-14(2,3)13(12)15-4/h11-13,15H,5-10H2,1-4H3. The van der Waals surface area contributed by atoms with Crippen molar-refractivity contribution in [1.82, 2.24) is 10.2 Å². The van der Waals surface area contributed by atoms with Crippen molar-refractivity contribution >= 4 is 0 Å². The zero-order valence-electron chi connectivity index (χ0n) is 11.4. The van der Waals surface area contributed by atoms with Gasteiger partial charge in [0.05, 0.1) is 0 Å². The minimum absolute atomic E-state index is 0.476. The zero-order valence-corrected chi connectivity index (χ0v) is 11.4. The van der Waals surface area contributed by atoms with Gasteiger partial charge in [-0.1, -0.05) is 27.2 Å². The predicted octanol–water partition coefficient (Wildman–Crippen LogP) is 2.49. The number of rotatable bonds is 3. The Morgan fingerprint density at radius 3 is 2.62 bits per heavy atom. The molecule has 1 aliphatic carbocycles. The third-order valence-electron chi connectivity index (χ3n) is 4.99. The monoisotopic (exact) mass is 224 g/mol. The lowest BCUT2D eigenvalue weighted by molar-refractivity contribution is 0.172. The fourth-order valence-corrected chi connectivity index (χ4v) is 3.84. The highest BCUT2D eigenvalue weighted by Crippen LogP contribution is 2.41. The number of nitrogens with zero attached hydrogens (tertiary/aromatic N) is 1. The van der Waals surface area contributed by atoms with E-state index >= 15 is 0 Å². The molecule has 2 heteroatoms. The van der Waals surface area contributed by atoms with Gasteiger partial charge in [-0.3, -0.25) is 4.90 Å². The van der Waals surface area contributed by atoms with Crippen molar-refractivity contribution < 1.29 is 0 Å². The molecule has 2 rings (SSSR count). The summed E-state index contributed by atoms with van der Waals surface area (Å²) in [6.07, 6.45) is 5.53. The summed E-state index contributed by atoms with van der Waals surface area (Å²) in [5.74, 6) is 0.959. The molecule has 1 heterocycles. The fourth-order valence-electron chi connectivity index (χ4n) is 3.84. The van der Waals surface area contributed by atoms with Crippen LogP contribution in [-0.2, 0) is 0 Å². The molecule has 3 atom stereocenters. The van der Waals surface area contributed by atoms with Crippen LogP contribution in [0.15, 0.2) is 0 Å². The molecular weight excluding hydrogens is 196 g/mol. The van der Waals surface area contributed by atoms with E-state index in [2.05, 4.69) is 38.0 Å². The summed E-state index contributed by atoms with van der Waals surface area (Å²) < 4.78 is 0. The average Bonchev–Trinajstić information content (AvgIpc) is 2.81. The van der Waals surface area contributed by atoms with Gasteiger partial charge in [-0.05, 0) is 44.2 Å². The van der Waals surface area contributed by atoms with Crippen LogP contribution < -0.4 is 5.32 Å². The molecule has 1 N–H and O–H groups in total. The van der Waals surface area contributed by atoms with Crippen LogP contribution in [0, 0.1) is 11.3 Å². The van der Waals surface area contributed by atoms with E-state index in [-0.39, 0.29) is 0 Å². The Morgan fingerprint density at radius 2 is 2.06 bits per heavy atom. The smallest absolute Gasteiger partial charge is 0.0271 e. The molecule has 0 aromatic rings. The lowest BCUT2D eigenvalue weighted by Crippen LogP contribution is -2.50. The summed E-state index contributed by atoms with van der Waals surface area (Å²) in [7, 11) is 2.14. The van der Waals surface area contributed by atoms with Gasteiger partial charge in [-0.2, -0.15) is 0 Å². The molecule has 0 aromatic heterocycles. The summed E-state index contributed by atoms with van der Waals surface area (Å²) in [6, 6.07) is 1.47. The van der Waals surface area contributed by atoms with Crippen LogP contribution in [0.5, 0.6) is 0 Å². The maximum Gasteiger partial charge on any atom is 0.0271 e. The van der Waals surface area contributed by atoms with Gasteiger partial charge in [0, 0.05) is 18.6 Å². The van der Waals surface area contributed by atoms with E-state index in [0.29, 0.717) is 11.5 Å². The molecule has 1 saturated carbocycles. The lowest BCUT2D eigenvalue weighted by atomic mass is 9.86. The van der Waals surface area contributed by atoms with Crippen LogP contribution in [0.25, 0.3) is 0 Å². The van der Waals surface area contributed by atoms with Crippen molar-refractivity contribution in [3.63, 3.8) is 0 Å². The van der Waals surface area contributed by atoms with Crippen LogP contribution in [0.3, 0.4) is 0 Å². The van der Waals surface area contributed by atoms with Gasteiger partial charge in [-0.15, -0.1) is 0 Å². The van der Waals surface area contributed by atoms with Gasteiger partial charge in [0.15, 0.2) is 0 Å². The second-order valence-corrected chi connectivity index (χ2v) is 6.42. The highest BCUT2D eigenvalue weighted by atomic mass is 15.2. The molecule has 2 aliphatic rings. The maximum absolute atomic E-state index is 3.57. The van der Waals surface area contributed by atoms with E-state index in [9.17, 15) is 0 Å². The van der Waals surface area contributed by atoms with Gasteiger partial charge in [0.25, 0.3) is 0 Å². The highest BCUT2D eigenvalue weighted by molar-refractivity contribution is 5.01. The van der Waals surface area contributed by atoms with Crippen LogP contribution in [0.4, 0.5) is 0 Å². The van der Waals surface area contributed by atoms with Gasteiger partial charge in [-0.25, -0.2) is 0 Å². The first kappa shape index (κ1) is 12.4. The lowest BCUT2D eigenvalue weighted by Gasteiger charge is -2.35. The molecule has 0 spiro atoms. The Hall–Kier alpha value is -0.0800. The maximum atomic E-state index is 3.57. The van der Waals surface area contributed by atoms with Gasteiger partial charge in [0.1, 0.15) is 0 Å². The van der Waals surface area contributed by atoms with E-state index in [1.54, 1.807) is 0 Å². The van der Waals surface area contributed by atoms with Gasteiger partial charge in [0.2, 0.25) is 0 Å². The number of hydrogen-bond donors (Lipinski definition) is 1. The summed E-state index contributed by atoms with van der Waals surface area (Å²) in [5, 5.41) is 3.57. The quantitative estimate of drug-likeness (QED) is 0.792. The zero-order chi connectivity index (χ0) is 11.8. The van der Waals surface area contributed by atoms with Crippen LogP contribution in [0.1, 0.15) is 46.5 Å². The van der Waals surface area contributed by atoms with Crippen LogP contribution in [0.2, 0.25) is 0 Å². The number of likely N-dealkylation sites (N-methyl/N-ethyl adjacent to an activating group) is 1. The molecule has 2 fully saturated rings. The van der Waals surface area contributed by atoms with E-state index < -0.39 is 0 Å². The largest absolute Gasteiger partial charge is 0.315 e. The Bertz CT molecular complexity index is 237. The normalized spacial score (nSPS) is 39.4. The summed E-state index contributed by atoms with van der Waals surface area (Å²) in [4.78, 5) is 2.75. The molecule has 0 amide bonds. The molecular formula is C14H28N2. The third-order valence-corrected chi connectivity index (χ3v) is 4.99. The van der Waals surface area contributed by atoms with Gasteiger partial charge >= 0.3 is 0 Å². The predicted molar refractivity (Wildman–Crippen MR) is 69.6 cm³/mol. The van der Waals surface area contributed by atoms with Crippen molar-refractivity contribution in [2.24, 2.45) is 11.3 Å². The topological polar surface area (TPSA) is 15.3 Å². The molecule has 16 heavy (non-hydrogen) atoms. The Labute approximate surface area is 101 Å². The van der Waals surface area contributed by atoms with Crippen molar-refractivity contribution in [2.75, 3.05) is 20.1 Å². The number of nitrogens with one attached hydrogen (secondary N) is 1. The number of hydrogen-bond acceptors (Lipinski definition) is 2. The van der Waals surface area contributed by atoms with E-state index in [1.165, 1.54) is 38.8 Å². The van der Waals surface area contributed by atoms with Crippen molar-refractivity contribution in [1.29, 1.82) is 0 Å². The molecule has 0 radical (unpaired) electrons. The van der Waals surface area contributed by atoms with E-state index in [4.69, 9.17) is 0 Å². The average molecular weight is 224 g/mol. The third kappa shape index (κ3) is 2.14. The SMILES string of the molecule is CCC1CCN(C2CCC(C)(C)C2NC)C1. The molecule has 2 nitrogen and oxygen atoms in total. The first-order valence-electron chi connectivity index (χ1n) is 6.99. The van der Waals surface area contributed by atoms with Crippen molar-refractivity contribution in [3.05, 3.63) is 0 Å². The Balaban J connectivity index is 2.00. The molecule has 1 saturated heterocycles. The molecule has 0 bridgehead atoms. The highest BCUT2D eigenvalue weighted by Gasteiger charge is 2.44. The van der Waals surface area contributed by atoms with Crippen molar-refractivity contribution in [2.45, 2.75) is 58.5 Å². The number of likely N-dealkylation sites (tertiary alicyclic amines) is 1. The minimum atomic E-state index is 0.476. The van der Waals surface area contributed by atoms with Crippen molar-refractivity contribution in [3.8, 4) is 0 Å². The summed E-state index contributed by atoms with van der Waals surface area (Å²) >= 11 is 0. The van der Waals surface area contributed by atoms with Gasteiger partial charge < -0.3 is 5.32 Å². The summed E-state index contributed by atoms with van der Waals surface area (Å²) in [5.41, 5.74) is 0.476. The van der Waals surface area contributed by atoms with Crippen LogP contribution >= 0.6 is 0 Å². The Kier molecular flexibility index (Phi) is 3.60. The van der Waals surface area contributed by atoms with Crippen LogP contribution in [-0.4, -0.2) is 37.1 Å². The van der Waals surface area contributed by atoms with E-state index in [0.717, 1.165) is 12.0 Å². The molecule has 0 aromatic carbocycles. The molecule has 1 aliphatic heterocycles. The molecule has 3 unspecified atom stereocenters. The Morgan fingerprint density at radius 1 is 1.31 bits per heavy atom. The second kappa shape index (κ2) is 4.66. The first-order chi connectivity index (χ1) is 7.58. The summed E-state index contributed by atoms with van der Waals surface area (Å²) in [6.45, 7) is 9.85. The molecule has 94 valence electrons.